The quantitative estimate of drug-likeness (QED) is 0.269. The lowest BCUT2D eigenvalue weighted by molar-refractivity contribution is 0.102. The molecule has 0 radical (unpaired) electrons. The summed E-state index contributed by atoms with van der Waals surface area (Å²) in [5, 5.41) is 7.79. The first kappa shape index (κ1) is 26.1. The molecular formula is C28H25ClFN5O4. The summed E-state index contributed by atoms with van der Waals surface area (Å²) < 4.78 is 34.2. The molecule has 9 nitrogen and oxygen atoms in total. The Kier molecular flexibility index (Phi) is 7.12. The van der Waals surface area contributed by atoms with Crippen LogP contribution in [0.1, 0.15) is 21.6 Å². The number of nitrogens with zero attached hydrogens (tertiary/aromatic N) is 4. The number of benzene rings is 3. The zero-order valence-electron chi connectivity index (χ0n) is 21.7. The lowest BCUT2D eigenvalue weighted by Gasteiger charge is -2.15. The number of carbonyl (C=O) groups excluding carboxylic acids is 1. The highest BCUT2D eigenvalue weighted by Crippen LogP contribution is 2.38. The predicted octanol–water partition coefficient (Wildman–Crippen LogP) is 5.65. The van der Waals surface area contributed by atoms with E-state index >= 15 is 0 Å². The van der Waals surface area contributed by atoms with Gasteiger partial charge in [0.1, 0.15) is 11.6 Å². The number of nitrogens with one attached hydrogen (secondary N) is 1. The van der Waals surface area contributed by atoms with Gasteiger partial charge in [0, 0.05) is 22.2 Å². The molecule has 0 unspecified atom stereocenters. The minimum atomic E-state index is -0.435. The molecule has 2 aromatic heterocycles. The smallest absolute Gasteiger partial charge is 0.257 e. The summed E-state index contributed by atoms with van der Waals surface area (Å²) in [4.78, 5) is 18.1. The fraction of sp³-hybridized carbons (Fsp3) is 0.179. The van der Waals surface area contributed by atoms with E-state index in [4.69, 9.17) is 30.8 Å². The molecule has 11 heteroatoms. The van der Waals surface area contributed by atoms with E-state index in [0.717, 1.165) is 5.52 Å². The van der Waals surface area contributed by atoms with Gasteiger partial charge in [0.15, 0.2) is 11.5 Å². The minimum Gasteiger partial charge on any atom is -0.493 e. The second-order valence-electron chi connectivity index (χ2n) is 8.64. The van der Waals surface area contributed by atoms with Gasteiger partial charge in [-0.1, -0.05) is 29.8 Å². The van der Waals surface area contributed by atoms with Crippen molar-refractivity contribution in [1.29, 1.82) is 0 Å². The fourth-order valence-electron chi connectivity index (χ4n) is 4.36. The number of fused-ring (bicyclic) bond motifs is 1. The van der Waals surface area contributed by atoms with E-state index in [1.165, 1.54) is 32.1 Å². The van der Waals surface area contributed by atoms with Gasteiger partial charge in [-0.05, 0) is 43.3 Å². The molecule has 2 heterocycles. The summed E-state index contributed by atoms with van der Waals surface area (Å²) in [6.45, 7) is 1.90. The third kappa shape index (κ3) is 4.86. The molecule has 0 spiro atoms. The highest BCUT2D eigenvalue weighted by molar-refractivity contribution is 6.31. The van der Waals surface area contributed by atoms with Crippen LogP contribution in [0.3, 0.4) is 0 Å². The van der Waals surface area contributed by atoms with E-state index in [1.54, 1.807) is 41.8 Å². The van der Waals surface area contributed by atoms with Crippen LogP contribution in [-0.2, 0) is 6.54 Å². The van der Waals surface area contributed by atoms with Crippen LogP contribution in [0.15, 0.2) is 60.7 Å². The van der Waals surface area contributed by atoms with Gasteiger partial charge < -0.3 is 24.1 Å². The van der Waals surface area contributed by atoms with Gasteiger partial charge in [0.2, 0.25) is 11.7 Å². The van der Waals surface area contributed by atoms with Crippen molar-refractivity contribution in [2.24, 2.45) is 0 Å². The topological polar surface area (TPSA) is 92.4 Å². The summed E-state index contributed by atoms with van der Waals surface area (Å²) in [5.41, 5.74) is 2.66. The van der Waals surface area contributed by atoms with E-state index in [9.17, 15) is 9.18 Å². The largest absolute Gasteiger partial charge is 0.493 e. The summed E-state index contributed by atoms with van der Waals surface area (Å²) in [6, 6.07) is 16.8. The Morgan fingerprint density at radius 1 is 1.00 bits per heavy atom. The molecule has 1 amide bonds. The number of hydrogen-bond acceptors (Lipinski definition) is 6. The number of para-hydroxylation sites is 2. The van der Waals surface area contributed by atoms with Gasteiger partial charge in [-0.25, -0.2) is 9.37 Å². The van der Waals surface area contributed by atoms with Crippen molar-refractivity contribution in [2.45, 2.75) is 13.5 Å². The third-order valence-corrected chi connectivity index (χ3v) is 6.56. The normalized spacial score (nSPS) is 11.0. The van der Waals surface area contributed by atoms with Crippen molar-refractivity contribution in [3.05, 3.63) is 88.3 Å². The monoisotopic (exact) mass is 549 g/mol. The number of aryl methyl sites for hydroxylation is 1. The maximum Gasteiger partial charge on any atom is 0.257 e. The van der Waals surface area contributed by atoms with Crippen molar-refractivity contribution in [3.8, 4) is 23.2 Å². The average Bonchev–Trinajstić information content (AvgIpc) is 3.48. The Labute approximate surface area is 228 Å². The maximum absolute atomic E-state index is 14.8. The molecule has 0 aliphatic carbocycles. The zero-order chi connectivity index (χ0) is 27.7. The van der Waals surface area contributed by atoms with Crippen LogP contribution in [0.2, 0.25) is 5.02 Å². The number of ether oxygens (including phenoxy) is 3. The Morgan fingerprint density at radius 3 is 2.38 bits per heavy atom. The lowest BCUT2D eigenvalue weighted by Crippen LogP contribution is -2.18. The molecule has 3 aromatic carbocycles. The molecule has 0 atom stereocenters. The minimum absolute atomic E-state index is 0.0977. The second kappa shape index (κ2) is 10.7. The molecule has 39 heavy (non-hydrogen) atoms. The second-order valence-corrected chi connectivity index (χ2v) is 9.04. The number of hydrogen-bond donors (Lipinski definition) is 1. The first-order chi connectivity index (χ1) is 18.8. The van der Waals surface area contributed by atoms with Crippen molar-refractivity contribution >= 4 is 34.4 Å². The molecule has 200 valence electrons. The molecule has 5 rings (SSSR count). The van der Waals surface area contributed by atoms with E-state index in [-0.39, 0.29) is 12.1 Å². The Bertz CT molecular complexity index is 1650. The van der Waals surface area contributed by atoms with E-state index in [1.807, 2.05) is 24.3 Å². The molecule has 0 saturated carbocycles. The molecule has 0 bridgehead atoms. The van der Waals surface area contributed by atoms with Crippen molar-refractivity contribution in [2.75, 3.05) is 26.6 Å². The number of carbonyl (C=O) groups is 1. The number of amides is 1. The van der Waals surface area contributed by atoms with Crippen molar-refractivity contribution in [3.63, 3.8) is 0 Å². The van der Waals surface area contributed by atoms with Gasteiger partial charge in [0.05, 0.1) is 44.6 Å². The molecule has 1 N–H and O–H groups in total. The van der Waals surface area contributed by atoms with Gasteiger partial charge in [-0.3, -0.25) is 4.79 Å². The van der Waals surface area contributed by atoms with Crippen LogP contribution >= 0.6 is 11.6 Å². The summed E-state index contributed by atoms with van der Waals surface area (Å²) in [7, 11) is 4.44. The number of methoxy groups -OCH3 is 3. The van der Waals surface area contributed by atoms with Gasteiger partial charge in [-0.15, -0.1) is 0 Å². The summed E-state index contributed by atoms with van der Waals surface area (Å²) >= 11 is 6.36. The van der Waals surface area contributed by atoms with E-state index in [0.29, 0.717) is 50.8 Å². The van der Waals surface area contributed by atoms with Crippen molar-refractivity contribution < 1.29 is 23.4 Å². The van der Waals surface area contributed by atoms with Crippen LogP contribution in [0.25, 0.3) is 17.0 Å². The number of aromatic nitrogens is 4. The van der Waals surface area contributed by atoms with Gasteiger partial charge >= 0.3 is 0 Å². The predicted molar refractivity (Wildman–Crippen MR) is 146 cm³/mol. The molecule has 0 aliphatic rings. The highest BCUT2D eigenvalue weighted by atomic mass is 35.5. The number of halogens is 2. The van der Waals surface area contributed by atoms with E-state index < -0.39 is 11.7 Å². The molecule has 0 saturated heterocycles. The third-order valence-electron chi connectivity index (χ3n) is 6.20. The highest BCUT2D eigenvalue weighted by Gasteiger charge is 2.22. The Morgan fingerprint density at radius 2 is 1.72 bits per heavy atom. The molecule has 5 aromatic rings. The summed E-state index contributed by atoms with van der Waals surface area (Å²) in [6.07, 6.45) is 0. The fourth-order valence-corrected chi connectivity index (χ4v) is 4.59. The van der Waals surface area contributed by atoms with Crippen LogP contribution in [-0.4, -0.2) is 46.6 Å². The first-order valence-corrected chi connectivity index (χ1v) is 12.3. The maximum atomic E-state index is 14.8. The average molecular weight is 550 g/mol. The zero-order valence-corrected chi connectivity index (χ0v) is 22.4. The number of imidazole rings is 1. The number of rotatable bonds is 8. The van der Waals surface area contributed by atoms with Gasteiger partial charge in [-0.2, -0.15) is 9.78 Å². The summed E-state index contributed by atoms with van der Waals surface area (Å²) in [5.74, 6) is 0.934. The number of anilines is 1. The van der Waals surface area contributed by atoms with Crippen LogP contribution < -0.4 is 19.5 Å². The Balaban J connectivity index is 1.59. The first-order valence-electron chi connectivity index (χ1n) is 11.9. The standard InChI is InChI=1S/C28H25ClFN5O4/c1-16-12-25(32-27(36)17-13-23(37-2)26(39-4)24(14-17)38-3)35(33-16)28-31-21-10-5-6-11-22(21)34(28)15-18-19(29)8-7-9-20(18)30/h5-14H,15H2,1-4H3,(H,32,36). The lowest BCUT2D eigenvalue weighted by atomic mass is 10.1. The SMILES string of the molecule is COc1cc(C(=O)Nc2cc(C)nn2-c2nc3ccccc3n2Cc2c(F)cccc2Cl)cc(OC)c1OC. The van der Waals surface area contributed by atoms with Crippen LogP contribution in [0, 0.1) is 12.7 Å². The van der Waals surface area contributed by atoms with Gasteiger partial charge in [0.25, 0.3) is 5.91 Å². The Hall–Kier alpha value is -4.57. The van der Waals surface area contributed by atoms with E-state index in [2.05, 4.69) is 10.4 Å². The molecular weight excluding hydrogens is 525 g/mol. The van der Waals surface area contributed by atoms with Crippen molar-refractivity contribution in [1.82, 2.24) is 19.3 Å². The molecule has 0 aliphatic heterocycles. The molecule has 0 fully saturated rings. The van der Waals surface area contributed by atoms with Crippen LogP contribution in [0.5, 0.6) is 17.2 Å². The van der Waals surface area contributed by atoms with Crippen LogP contribution in [0.4, 0.5) is 10.2 Å².